The Hall–Kier alpha value is -3.03. The minimum absolute atomic E-state index is 0.0419. The second-order valence-corrected chi connectivity index (χ2v) is 6.04. The Bertz CT molecular complexity index is 795. The molecule has 3 amide bonds. The topological polar surface area (TPSA) is 105 Å². The van der Waals surface area contributed by atoms with Gasteiger partial charge < -0.3 is 9.84 Å². The molecule has 8 heteroatoms. The third kappa shape index (κ3) is 3.79. The second-order valence-electron chi connectivity index (χ2n) is 6.04. The van der Waals surface area contributed by atoms with Gasteiger partial charge in [-0.15, -0.1) is 0 Å². The maximum absolute atomic E-state index is 12.3. The van der Waals surface area contributed by atoms with Crippen LogP contribution in [0.2, 0.25) is 0 Å². The van der Waals surface area contributed by atoms with Crippen LogP contribution in [0.5, 0.6) is 0 Å². The van der Waals surface area contributed by atoms with Crippen molar-refractivity contribution in [2.24, 2.45) is 0 Å². The maximum Gasteiger partial charge on any atom is 0.261 e. The number of imide groups is 1. The van der Waals surface area contributed by atoms with E-state index in [-0.39, 0.29) is 48.8 Å². The molecule has 3 rings (SSSR count). The first-order valence-corrected chi connectivity index (χ1v) is 8.63. The van der Waals surface area contributed by atoms with Gasteiger partial charge >= 0.3 is 0 Å². The van der Waals surface area contributed by atoms with Gasteiger partial charge in [0.25, 0.3) is 11.8 Å². The van der Waals surface area contributed by atoms with Crippen LogP contribution in [0.4, 0.5) is 0 Å². The number of unbranched alkanes of at least 4 members (excludes halogenated alkanes) is 1. The summed E-state index contributed by atoms with van der Waals surface area (Å²) >= 11 is 0. The van der Waals surface area contributed by atoms with Crippen LogP contribution in [0.25, 0.3) is 0 Å². The van der Waals surface area contributed by atoms with Crippen molar-refractivity contribution in [1.29, 1.82) is 0 Å². The summed E-state index contributed by atoms with van der Waals surface area (Å²) in [7, 11) is 0. The molecule has 0 bridgehead atoms. The van der Waals surface area contributed by atoms with Crippen molar-refractivity contribution in [1.82, 2.24) is 20.4 Å². The zero-order valence-electron chi connectivity index (χ0n) is 14.5. The lowest BCUT2D eigenvalue weighted by Crippen LogP contribution is -2.31. The van der Waals surface area contributed by atoms with Crippen LogP contribution < -0.4 is 5.32 Å². The largest absolute Gasteiger partial charge is 0.356 e. The number of nitrogens with zero attached hydrogens (tertiary/aromatic N) is 3. The van der Waals surface area contributed by atoms with Crippen molar-refractivity contribution >= 4 is 17.7 Å². The Balaban J connectivity index is 1.53. The molecule has 0 saturated carbocycles. The van der Waals surface area contributed by atoms with E-state index in [1.807, 2.05) is 6.92 Å². The fourth-order valence-corrected chi connectivity index (χ4v) is 2.72. The maximum atomic E-state index is 12.3. The third-order valence-electron chi connectivity index (χ3n) is 4.11. The molecular weight excluding hydrogens is 336 g/mol. The van der Waals surface area contributed by atoms with Gasteiger partial charge in [-0.3, -0.25) is 19.3 Å². The van der Waals surface area contributed by atoms with Crippen LogP contribution >= 0.6 is 0 Å². The van der Waals surface area contributed by atoms with Crippen LogP contribution in [-0.2, 0) is 17.6 Å². The Labute approximate surface area is 150 Å². The summed E-state index contributed by atoms with van der Waals surface area (Å²) in [5.74, 6) is -0.221. The molecule has 26 heavy (non-hydrogen) atoms. The highest BCUT2D eigenvalue weighted by molar-refractivity contribution is 6.21. The van der Waals surface area contributed by atoms with Gasteiger partial charge in [-0.2, -0.15) is 4.98 Å². The van der Waals surface area contributed by atoms with Crippen molar-refractivity contribution < 1.29 is 18.9 Å². The van der Waals surface area contributed by atoms with E-state index in [1.165, 1.54) is 4.90 Å². The van der Waals surface area contributed by atoms with Gasteiger partial charge in [-0.1, -0.05) is 30.6 Å². The first-order chi connectivity index (χ1) is 12.6. The Kier molecular flexibility index (Phi) is 5.40. The molecule has 8 nitrogen and oxygen atoms in total. The molecule has 0 spiro atoms. The number of benzene rings is 1. The summed E-state index contributed by atoms with van der Waals surface area (Å²) in [5, 5.41) is 6.55. The molecule has 0 radical (unpaired) electrons. The van der Waals surface area contributed by atoms with Gasteiger partial charge in [0.05, 0.1) is 17.5 Å². The van der Waals surface area contributed by atoms with Gasteiger partial charge in [0, 0.05) is 19.5 Å². The Morgan fingerprint density at radius 3 is 2.54 bits per heavy atom. The van der Waals surface area contributed by atoms with E-state index in [9.17, 15) is 14.4 Å². The van der Waals surface area contributed by atoms with Crippen molar-refractivity contribution in [2.75, 3.05) is 13.1 Å². The standard InChI is InChI=1S/C18H20N4O4/c1-2-3-9-19-15(23)11-14-20-16(26-21-14)8-10-22-17(24)12-6-4-5-7-13(12)18(22)25/h4-7H,2-3,8-11H2,1H3,(H,19,23). The van der Waals surface area contributed by atoms with E-state index in [1.54, 1.807) is 24.3 Å². The molecule has 1 aromatic carbocycles. The highest BCUT2D eigenvalue weighted by atomic mass is 16.5. The molecule has 0 aliphatic carbocycles. The Morgan fingerprint density at radius 2 is 1.88 bits per heavy atom. The number of amides is 3. The van der Waals surface area contributed by atoms with E-state index in [2.05, 4.69) is 15.5 Å². The van der Waals surface area contributed by atoms with Crippen molar-refractivity contribution in [3.63, 3.8) is 0 Å². The minimum atomic E-state index is -0.319. The number of fused-ring (bicyclic) bond motifs is 1. The first-order valence-electron chi connectivity index (χ1n) is 8.63. The summed E-state index contributed by atoms with van der Waals surface area (Å²) in [6.07, 6.45) is 2.21. The van der Waals surface area contributed by atoms with E-state index in [0.717, 1.165) is 12.8 Å². The van der Waals surface area contributed by atoms with Crippen LogP contribution in [0.3, 0.4) is 0 Å². The number of carbonyl (C=O) groups is 3. The highest BCUT2D eigenvalue weighted by Gasteiger charge is 2.34. The average molecular weight is 356 g/mol. The summed E-state index contributed by atoms with van der Waals surface area (Å²) in [6.45, 7) is 2.82. The van der Waals surface area contributed by atoms with Crippen molar-refractivity contribution in [3.05, 3.63) is 47.1 Å². The lowest BCUT2D eigenvalue weighted by atomic mass is 10.1. The molecule has 1 aliphatic heterocycles. The van der Waals surface area contributed by atoms with Crippen molar-refractivity contribution in [2.45, 2.75) is 32.6 Å². The van der Waals surface area contributed by atoms with E-state index >= 15 is 0 Å². The fraction of sp³-hybridized carbons (Fsp3) is 0.389. The van der Waals surface area contributed by atoms with Gasteiger partial charge in [-0.25, -0.2) is 0 Å². The molecule has 1 aromatic heterocycles. The summed E-state index contributed by atoms with van der Waals surface area (Å²) in [4.78, 5) is 41.6. The predicted molar refractivity (Wildman–Crippen MR) is 91.4 cm³/mol. The molecular formula is C18H20N4O4. The monoisotopic (exact) mass is 356 g/mol. The lowest BCUT2D eigenvalue weighted by Gasteiger charge is -2.11. The number of carbonyl (C=O) groups excluding carboxylic acids is 3. The second kappa shape index (κ2) is 7.90. The Morgan fingerprint density at radius 1 is 1.19 bits per heavy atom. The van der Waals surface area contributed by atoms with E-state index < -0.39 is 0 Å². The quantitative estimate of drug-likeness (QED) is 0.566. The zero-order valence-corrected chi connectivity index (χ0v) is 14.5. The fourth-order valence-electron chi connectivity index (χ4n) is 2.72. The predicted octanol–water partition coefficient (Wildman–Crippen LogP) is 1.37. The van der Waals surface area contributed by atoms with Gasteiger partial charge in [0.1, 0.15) is 0 Å². The molecule has 2 heterocycles. The number of hydrogen-bond donors (Lipinski definition) is 1. The third-order valence-corrected chi connectivity index (χ3v) is 4.11. The molecule has 0 atom stereocenters. The molecule has 0 fully saturated rings. The van der Waals surface area contributed by atoms with Crippen LogP contribution in [0.15, 0.2) is 28.8 Å². The smallest absolute Gasteiger partial charge is 0.261 e. The summed E-state index contributed by atoms with van der Waals surface area (Å²) in [6, 6.07) is 6.72. The number of rotatable bonds is 8. The van der Waals surface area contributed by atoms with E-state index in [0.29, 0.717) is 17.7 Å². The van der Waals surface area contributed by atoms with Crippen LogP contribution in [-0.4, -0.2) is 45.9 Å². The molecule has 1 aliphatic rings. The molecule has 136 valence electrons. The van der Waals surface area contributed by atoms with Crippen LogP contribution in [0, 0.1) is 0 Å². The number of aromatic nitrogens is 2. The molecule has 1 N–H and O–H groups in total. The average Bonchev–Trinajstić information content (AvgIpc) is 3.17. The number of nitrogens with one attached hydrogen (secondary N) is 1. The van der Waals surface area contributed by atoms with Gasteiger partial charge in [-0.05, 0) is 18.6 Å². The summed E-state index contributed by atoms with van der Waals surface area (Å²) in [5.41, 5.74) is 0.819. The van der Waals surface area contributed by atoms with Crippen LogP contribution in [0.1, 0.15) is 52.2 Å². The number of hydrogen-bond acceptors (Lipinski definition) is 6. The zero-order chi connectivity index (χ0) is 18.5. The van der Waals surface area contributed by atoms with Gasteiger partial charge in [0.2, 0.25) is 11.8 Å². The van der Waals surface area contributed by atoms with E-state index in [4.69, 9.17) is 4.52 Å². The SMILES string of the molecule is CCCCNC(=O)Cc1noc(CCN2C(=O)c3ccccc3C2=O)n1. The molecule has 0 saturated heterocycles. The molecule has 2 aromatic rings. The van der Waals surface area contributed by atoms with Crippen molar-refractivity contribution in [3.8, 4) is 0 Å². The first kappa shape index (κ1) is 17.8. The highest BCUT2D eigenvalue weighted by Crippen LogP contribution is 2.22. The normalized spacial score (nSPS) is 13.2. The van der Waals surface area contributed by atoms with Gasteiger partial charge in [0.15, 0.2) is 5.82 Å². The minimum Gasteiger partial charge on any atom is -0.356 e. The lowest BCUT2D eigenvalue weighted by molar-refractivity contribution is -0.120. The molecule has 0 unspecified atom stereocenters. The summed E-state index contributed by atoms with van der Waals surface area (Å²) < 4.78 is 5.11.